The summed E-state index contributed by atoms with van der Waals surface area (Å²) in [6.07, 6.45) is 4.60. The van der Waals surface area contributed by atoms with E-state index in [2.05, 4.69) is 20.5 Å². The van der Waals surface area contributed by atoms with Gasteiger partial charge >= 0.3 is 0 Å². The number of halogens is 1. The van der Waals surface area contributed by atoms with Crippen LogP contribution in [0.3, 0.4) is 0 Å². The van der Waals surface area contributed by atoms with E-state index in [0.717, 1.165) is 5.69 Å². The average molecular weight is 333 g/mol. The van der Waals surface area contributed by atoms with Crippen LogP contribution >= 0.6 is 0 Å². The largest absolute Gasteiger partial charge is 0.321 e. The van der Waals surface area contributed by atoms with E-state index in [4.69, 9.17) is 0 Å². The number of amides is 1. The van der Waals surface area contributed by atoms with Gasteiger partial charge in [0.1, 0.15) is 24.0 Å². The van der Waals surface area contributed by atoms with Crippen molar-refractivity contribution in [2.45, 2.75) is 0 Å². The van der Waals surface area contributed by atoms with Gasteiger partial charge in [0.25, 0.3) is 5.91 Å². The number of anilines is 1. The Labute approximate surface area is 142 Å². The maximum absolute atomic E-state index is 13.6. The van der Waals surface area contributed by atoms with Crippen molar-refractivity contribution < 1.29 is 9.18 Å². The molecule has 122 valence electrons. The molecular formula is C18H12FN5O. The van der Waals surface area contributed by atoms with Gasteiger partial charge in [0.2, 0.25) is 0 Å². The number of pyridine rings is 1. The van der Waals surface area contributed by atoms with Crippen molar-refractivity contribution in [2.75, 3.05) is 5.32 Å². The summed E-state index contributed by atoms with van der Waals surface area (Å²) in [5.41, 5.74) is 2.13. The third kappa shape index (κ3) is 2.94. The number of hydrogen-bond acceptors (Lipinski definition) is 4. The van der Waals surface area contributed by atoms with E-state index in [0.29, 0.717) is 16.6 Å². The highest BCUT2D eigenvalue weighted by Crippen LogP contribution is 2.19. The molecule has 0 unspecified atom stereocenters. The third-order valence-electron chi connectivity index (χ3n) is 3.77. The van der Waals surface area contributed by atoms with Gasteiger partial charge < -0.3 is 5.32 Å². The van der Waals surface area contributed by atoms with Crippen LogP contribution in [0.1, 0.15) is 10.4 Å². The molecule has 25 heavy (non-hydrogen) atoms. The zero-order chi connectivity index (χ0) is 17.2. The molecule has 1 N–H and O–H groups in total. The summed E-state index contributed by atoms with van der Waals surface area (Å²) < 4.78 is 15.4. The number of benzene rings is 2. The molecule has 4 aromatic rings. The summed E-state index contributed by atoms with van der Waals surface area (Å²) >= 11 is 0. The predicted octanol–water partition coefficient (Wildman–Crippen LogP) is 3.21. The molecule has 0 saturated carbocycles. The Morgan fingerprint density at radius 2 is 1.80 bits per heavy atom. The van der Waals surface area contributed by atoms with E-state index in [1.165, 1.54) is 12.3 Å². The van der Waals surface area contributed by atoms with Crippen molar-refractivity contribution in [2.24, 2.45) is 0 Å². The van der Waals surface area contributed by atoms with Crippen LogP contribution < -0.4 is 5.32 Å². The molecule has 0 saturated heterocycles. The number of para-hydroxylation sites is 1. The zero-order valence-corrected chi connectivity index (χ0v) is 12.9. The minimum atomic E-state index is -0.389. The Kier molecular flexibility index (Phi) is 3.66. The van der Waals surface area contributed by atoms with Crippen molar-refractivity contribution in [3.8, 4) is 5.69 Å². The van der Waals surface area contributed by atoms with E-state index in [9.17, 15) is 9.18 Å². The number of aromatic nitrogens is 4. The Morgan fingerprint density at radius 1 is 1.04 bits per heavy atom. The van der Waals surface area contributed by atoms with Crippen LogP contribution in [0, 0.1) is 5.82 Å². The van der Waals surface area contributed by atoms with E-state index in [1.54, 1.807) is 59.7 Å². The number of nitrogens with zero attached hydrogens (tertiary/aromatic N) is 4. The van der Waals surface area contributed by atoms with Crippen LogP contribution in [0.5, 0.6) is 0 Å². The van der Waals surface area contributed by atoms with E-state index < -0.39 is 0 Å². The van der Waals surface area contributed by atoms with Crippen molar-refractivity contribution in [3.63, 3.8) is 0 Å². The SMILES string of the molecule is O=C(Nc1cnc2c(F)cccc2c1)c1ccc(-n2cnnc2)cc1. The average Bonchev–Trinajstić information content (AvgIpc) is 3.17. The molecule has 2 aromatic carbocycles. The Bertz CT molecular complexity index is 1040. The van der Waals surface area contributed by atoms with Gasteiger partial charge in [0.15, 0.2) is 0 Å². The summed E-state index contributed by atoms with van der Waals surface area (Å²) in [5.74, 6) is -0.659. The second-order valence-corrected chi connectivity index (χ2v) is 5.41. The first kappa shape index (κ1) is 14.9. The highest BCUT2D eigenvalue weighted by atomic mass is 19.1. The summed E-state index contributed by atoms with van der Waals surface area (Å²) in [6, 6.07) is 13.4. The molecule has 2 heterocycles. The van der Waals surface area contributed by atoms with Crippen molar-refractivity contribution in [1.29, 1.82) is 0 Å². The molecule has 0 aliphatic carbocycles. The lowest BCUT2D eigenvalue weighted by molar-refractivity contribution is 0.102. The number of hydrogen-bond donors (Lipinski definition) is 1. The van der Waals surface area contributed by atoms with Gasteiger partial charge in [-0.3, -0.25) is 14.3 Å². The highest BCUT2D eigenvalue weighted by Gasteiger charge is 2.08. The molecule has 6 nitrogen and oxygen atoms in total. The lowest BCUT2D eigenvalue weighted by Crippen LogP contribution is -2.12. The first-order valence-corrected chi connectivity index (χ1v) is 7.51. The molecule has 0 radical (unpaired) electrons. The van der Waals surface area contributed by atoms with Crippen LogP contribution in [0.2, 0.25) is 0 Å². The second kappa shape index (κ2) is 6.12. The van der Waals surface area contributed by atoms with Crippen LogP contribution in [0.4, 0.5) is 10.1 Å². The summed E-state index contributed by atoms with van der Waals surface area (Å²) in [6.45, 7) is 0. The maximum Gasteiger partial charge on any atom is 0.255 e. The molecule has 0 aliphatic heterocycles. The van der Waals surface area contributed by atoms with E-state index >= 15 is 0 Å². The summed E-state index contributed by atoms with van der Waals surface area (Å²) in [4.78, 5) is 16.4. The molecule has 4 rings (SSSR count). The fraction of sp³-hybridized carbons (Fsp3) is 0. The minimum Gasteiger partial charge on any atom is -0.321 e. The molecule has 0 spiro atoms. The lowest BCUT2D eigenvalue weighted by atomic mass is 10.1. The van der Waals surface area contributed by atoms with Crippen LogP contribution in [0.25, 0.3) is 16.6 Å². The zero-order valence-electron chi connectivity index (χ0n) is 12.9. The molecule has 0 fully saturated rings. The number of carbonyl (C=O) groups is 1. The topological polar surface area (TPSA) is 72.7 Å². The molecule has 7 heteroatoms. The Balaban J connectivity index is 1.55. The van der Waals surface area contributed by atoms with Crippen molar-refractivity contribution in [3.05, 3.63) is 78.8 Å². The van der Waals surface area contributed by atoms with Crippen molar-refractivity contribution in [1.82, 2.24) is 19.7 Å². The van der Waals surface area contributed by atoms with Crippen molar-refractivity contribution >= 4 is 22.5 Å². The number of rotatable bonds is 3. The number of nitrogens with one attached hydrogen (secondary N) is 1. The fourth-order valence-corrected chi connectivity index (χ4v) is 2.51. The van der Waals surface area contributed by atoms with Gasteiger partial charge in [-0.15, -0.1) is 10.2 Å². The molecule has 2 aromatic heterocycles. The Morgan fingerprint density at radius 3 is 2.56 bits per heavy atom. The second-order valence-electron chi connectivity index (χ2n) is 5.41. The standard InChI is InChI=1S/C18H12FN5O/c19-16-3-1-2-13-8-14(9-20-17(13)16)23-18(25)12-4-6-15(7-5-12)24-10-21-22-11-24/h1-11H,(H,23,25). The highest BCUT2D eigenvalue weighted by molar-refractivity contribution is 6.05. The summed E-state index contributed by atoms with van der Waals surface area (Å²) in [7, 11) is 0. The van der Waals surface area contributed by atoms with E-state index in [1.807, 2.05) is 0 Å². The first-order chi connectivity index (χ1) is 12.2. The van der Waals surface area contributed by atoms with Crippen LogP contribution in [-0.4, -0.2) is 25.7 Å². The van der Waals surface area contributed by atoms with Gasteiger partial charge in [-0.1, -0.05) is 12.1 Å². The normalized spacial score (nSPS) is 10.8. The van der Waals surface area contributed by atoms with Gasteiger partial charge in [-0.2, -0.15) is 0 Å². The molecule has 0 aliphatic rings. The molecular weight excluding hydrogens is 321 g/mol. The monoisotopic (exact) mass is 333 g/mol. The quantitative estimate of drug-likeness (QED) is 0.625. The molecule has 0 bridgehead atoms. The lowest BCUT2D eigenvalue weighted by Gasteiger charge is -2.07. The minimum absolute atomic E-state index is 0.271. The predicted molar refractivity (Wildman–Crippen MR) is 91.0 cm³/mol. The third-order valence-corrected chi connectivity index (χ3v) is 3.77. The van der Waals surface area contributed by atoms with Gasteiger partial charge in [-0.25, -0.2) is 4.39 Å². The van der Waals surface area contributed by atoms with Gasteiger partial charge in [-0.05, 0) is 36.4 Å². The van der Waals surface area contributed by atoms with Gasteiger partial charge in [0.05, 0.1) is 11.9 Å². The van der Waals surface area contributed by atoms with E-state index in [-0.39, 0.29) is 17.2 Å². The Hall–Kier alpha value is -3.61. The maximum atomic E-state index is 13.6. The van der Waals surface area contributed by atoms with Gasteiger partial charge in [0, 0.05) is 16.6 Å². The number of fused-ring (bicyclic) bond motifs is 1. The summed E-state index contributed by atoms with van der Waals surface area (Å²) in [5, 5.41) is 10.9. The fourth-order valence-electron chi connectivity index (χ4n) is 2.51. The van der Waals surface area contributed by atoms with Crippen LogP contribution in [0.15, 0.2) is 67.4 Å². The first-order valence-electron chi connectivity index (χ1n) is 7.51. The smallest absolute Gasteiger partial charge is 0.255 e. The molecule has 0 atom stereocenters. The molecule has 1 amide bonds. The van der Waals surface area contributed by atoms with Crippen LogP contribution in [-0.2, 0) is 0 Å². The number of carbonyl (C=O) groups excluding carboxylic acids is 1.